The minimum atomic E-state index is -0.109. The highest BCUT2D eigenvalue weighted by Gasteiger charge is 2.17. The van der Waals surface area contributed by atoms with Crippen LogP contribution in [0, 0.1) is 13.8 Å². The molecule has 1 heterocycles. The predicted octanol–water partition coefficient (Wildman–Crippen LogP) is 5.16. The fourth-order valence-corrected chi connectivity index (χ4v) is 2.87. The van der Waals surface area contributed by atoms with Gasteiger partial charge >= 0.3 is 0 Å². The van der Waals surface area contributed by atoms with E-state index in [0.717, 1.165) is 28.2 Å². The minimum Gasteiger partial charge on any atom is -0.483 e. The Hall–Kier alpha value is -2.72. The summed E-state index contributed by atoms with van der Waals surface area (Å²) in [4.78, 5) is 14.6. The van der Waals surface area contributed by atoms with E-state index in [1.165, 1.54) is 0 Å². The van der Waals surface area contributed by atoms with Crippen LogP contribution in [0.25, 0.3) is 0 Å². The summed E-state index contributed by atoms with van der Waals surface area (Å²) in [5, 5.41) is 0.668. The number of carbonyl (C=O) groups excluding carboxylic acids is 1. The largest absolute Gasteiger partial charge is 0.483 e. The van der Waals surface area contributed by atoms with Crippen molar-refractivity contribution in [2.24, 2.45) is 0 Å². The lowest BCUT2D eigenvalue weighted by atomic mass is 10.1. The molecule has 0 N–H and O–H groups in total. The Balaban J connectivity index is 1.71. The summed E-state index contributed by atoms with van der Waals surface area (Å²) in [5.74, 6) is 1.35. The molecule has 3 rings (SSSR count). The van der Waals surface area contributed by atoms with Crippen LogP contribution in [0.3, 0.4) is 0 Å². The fourth-order valence-electron chi connectivity index (χ4n) is 2.74. The number of hydrogen-bond acceptors (Lipinski definition) is 3. The third kappa shape index (κ3) is 5.14. The lowest BCUT2D eigenvalue weighted by Gasteiger charge is -2.22. The van der Waals surface area contributed by atoms with Crippen molar-refractivity contribution in [3.63, 3.8) is 0 Å². The maximum Gasteiger partial charge on any atom is 0.261 e. The smallest absolute Gasteiger partial charge is 0.261 e. The third-order valence-corrected chi connectivity index (χ3v) is 4.72. The van der Waals surface area contributed by atoms with Crippen LogP contribution in [0.5, 0.6) is 5.75 Å². The van der Waals surface area contributed by atoms with Crippen LogP contribution in [0.1, 0.15) is 22.5 Å². The number of hydrogen-bond donors (Lipinski definition) is 0. The molecular formula is C22H22ClNO3. The van der Waals surface area contributed by atoms with E-state index in [2.05, 4.69) is 0 Å². The normalized spacial score (nSPS) is 10.6. The van der Waals surface area contributed by atoms with Crippen molar-refractivity contribution in [1.29, 1.82) is 0 Å². The third-order valence-electron chi connectivity index (χ3n) is 4.47. The lowest BCUT2D eigenvalue weighted by molar-refractivity contribution is -0.134. The molecule has 3 aromatic rings. The molecule has 1 aromatic heterocycles. The van der Waals surface area contributed by atoms with Crippen molar-refractivity contribution in [3.8, 4) is 5.75 Å². The SMILES string of the molecule is Cc1cccc(OCC(=O)N(Cc2ccc(Cl)cc2)Cc2ccco2)c1C. The number of rotatable bonds is 7. The van der Waals surface area contributed by atoms with Crippen molar-refractivity contribution in [2.75, 3.05) is 6.61 Å². The van der Waals surface area contributed by atoms with Gasteiger partial charge in [0.15, 0.2) is 6.61 Å². The Morgan fingerprint density at radius 1 is 1.04 bits per heavy atom. The van der Waals surface area contributed by atoms with Crippen molar-refractivity contribution >= 4 is 17.5 Å². The molecule has 0 bridgehead atoms. The summed E-state index contributed by atoms with van der Waals surface area (Å²) in [5.41, 5.74) is 3.17. The Morgan fingerprint density at radius 2 is 1.81 bits per heavy atom. The van der Waals surface area contributed by atoms with Crippen LogP contribution >= 0.6 is 11.6 Å². The van der Waals surface area contributed by atoms with Crippen LogP contribution in [0.2, 0.25) is 5.02 Å². The van der Waals surface area contributed by atoms with Gasteiger partial charge in [-0.2, -0.15) is 0 Å². The maximum atomic E-state index is 12.8. The van der Waals surface area contributed by atoms with E-state index in [9.17, 15) is 4.79 Å². The van der Waals surface area contributed by atoms with Crippen molar-refractivity contribution in [2.45, 2.75) is 26.9 Å². The van der Waals surface area contributed by atoms with E-state index >= 15 is 0 Å². The summed E-state index contributed by atoms with van der Waals surface area (Å²) in [6, 6.07) is 17.0. The lowest BCUT2D eigenvalue weighted by Crippen LogP contribution is -2.34. The van der Waals surface area contributed by atoms with Gasteiger partial charge in [-0.25, -0.2) is 0 Å². The van der Waals surface area contributed by atoms with Gasteiger partial charge in [0.05, 0.1) is 12.8 Å². The number of halogens is 1. The van der Waals surface area contributed by atoms with Gasteiger partial charge < -0.3 is 14.1 Å². The quantitative estimate of drug-likeness (QED) is 0.566. The number of benzene rings is 2. The highest BCUT2D eigenvalue weighted by molar-refractivity contribution is 6.30. The van der Waals surface area contributed by atoms with Gasteiger partial charge in [0.25, 0.3) is 5.91 Å². The molecule has 1 amide bonds. The summed E-state index contributed by atoms with van der Waals surface area (Å²) in [6.45, 7) is 4.81. The molecular weight excluding hydrogens is 362 g/mol. The minimum absolute atomic E-state index is 0.0292. The Labute approximate surface area is 164 Å². The molecule has 140 valence electrons. The van der Waals surface area contributed by atoms with Crippen LogP contribution in [-0.2, 0) is 17.9 Å². The number of aryl methyl sites for hydroxylation is 1. The molecule has 0 fully saturated rings. The van der Waals surface area contributed by atoms with E-state index in [0.29, 0.717) is 18.1 Å². The Morgan fingerprint density at radius 3 is 2.52 bits per heavy atom. The van der Waals surface area contributed by atoms with Gasteiger partial charge in [0.1, 0.15) is 11.5 Å². The molecule has 27 heavy (non-hydrogen) atoms. The molecule has 5 heteroatoms. The molecule has 2 aromatic carbocycles. The molecule has 0 radical (unpaired) electrons. The maximum absolute atomic E-state index is 12.8. The summed E-state index contributed by atoms with van der Waals surface area (Å²) < 4.78 is 11.2. The van der Waals surface area contributed by atoms with Crippen molar-refractivity contribution in [1.82, 2.24) is 4.90 Å². The summed E-state index contributed by atoms with van der Waals surface area (Å²) in [7, 11) is 0. The second-order valence-corrected chi connectivity index (χ2v) is 6.88. The number of ether oxygens (including phenoxy) is 1. The monoisotopic (exact) mass is 383 g/mol. The molecule has 0 saturated carbocycles. The summed E-state index contributed by atoms with van der Waals surface area (Å²) in [6.07, 6.45) is 1.60. The average Bonchev–Trinajstić information content (AvgIpc) is 3.17. The van der Waals surface area contributed by atoms with Crippen LogP contribution in [-0.4, -0.2) is 17.4 Å². The molecule has 0 saturated heterocycles. The van der Waals surface area contributed by atoms with Crippen molar-refractivity contribution in [3.05, 3.63) is 88.3 Å². The van der Waals surface area contributed by atoms with E-state index in [1.807, 2.05) is 68.4 Å². The number of nitrogens with zero attached hydrogens (tertiary/aromatic N) is 1. The molecule has 0 aliphatic carbocycles. The second-order valence-electron chi connectivity index (χ2n) is 6.44. The van der Waals surface area contributed by atoms with E-state index < -0.39 is 0 Å². The molecule has 0 aliphatic heterocycles. The summed E-state index contributed by atoms with van der Waals surface area (Å²) >= 11 is 5.96. The van der Waals surface area contributed by atoms with Gasteiger partial charge in [-0.3, -0.25) is 4.79 Å². The van der Waals surface area contributed by atoms with Gasteiger partial charge in [-0.15, -0.1) is 0 Å². The standard InChI is InChI=1S/C22H22ClNO3/c1-16-5-3-7-21(17(16)2)27-15-22(25)24(14-20-6-4-12-26-20)13-18-8-10-19(23)11-9-18/h3-12H,13-15H2,1-2H3. The molecule has 0 aliphatic rings. The molecule has 0 unspecified atom stereocenters. The van der Waals surface area contributed by atoms with Gasteiger partial charge in [0, 0.05) is 11.6 Å². The van der Waals surface area contributed by atoms with Crippen molar-refractivity contribution < 1.29 is 13.9 Å². The first-order valence-electron chi connectivity index (χ1n) is 8.76. The molecule has 4 nitrogen and oxygen atoms in total. The first kappa shape index (κ1) is 19.1. The average molecular weight is 384 g/mol. The fraction of sp³-hybridized carbons (Fsp3) is 0.227. The first-order valence-corrected chi connectivity index (χ1v) is 9.14. The van der Waals surface area contributed by atoms with Crippen LogP contribution < -0.4 is 4.74 Å². The zero-order valence-corrected chi connectivity index (χ0v) is 16.2. The number of furan rings is 1. The Bertz CT molecular complexity index is 888. The molecule has 0 atom stereocenters. The van der Waals surface area contributed by atoms with E-state index in [-0.39, 0.29) is 12.5 Å². The van der Waals surface area contributed by atoms with E-state index in [4.69, 9.17) is 20.8 Å². The highest BCUT2D eigenvalue weighted by atomic mass is 35.5. The Kier molecular flexibility index (Phi) is 6.20. The first-order chi connectivity index (χ1) is 13.0. The van der Waals surface area contributed by atoms with Gasteiger partial charge in [-0.1, -0.05) is 35.9 Å². The van der Waals surface area contributed by atoms with E-state index in [1.54, 1.807) is 11.2 Å². The van der Waals surface area contributed by atoms with Gasteiger partial charge in [-0.05, 0) is 60.9 Å². The predicted molar refractivity (Wildman–Crippen MR) is 106 cm³/mol. The topological polar surface area (TPSA) is 42.7 Å². The van der Waals surface area contributed by atoms with Crippen LogP contribution in [0.15, 0.2) is 65.3 Å². The van der Waals surface area contributed by atoms with Gasteiger partial charge in [0.2, 0.25) is 0 Å². The zero-order valence-electron chi connectivity index (χ0n) is 15.4. The molecule has 0 spiro atoms. The second kappa shape index (κ2) is 8.78. The number of carbonyl (C=O) groups is 1. The highest BCUT2D eigenvalue weighted by Crippen LogP contribution is 2.21. The number of amides is 1. The zero-order chi connectivity index (χ0) is 19.2. The van der Waals surface area contributed by atoms with Crippen LogP contribution in [0.4, 0.5) is 0 Å².